The third kappa shape index (κ3) is 10.4. The number of anilines is 1. The first-order valence-corrected chi connectivity index (χ1v) is 13.2. The normalized spacial score (nSPS) is 14.2. The number of amides is 2. The van der Waals surface area contributed by atoms with Gasteiger partial charge >= 0.3 is 8.69 Å². The number of rotatable bonds is 17. The number of benzene rings is 1. The number of hydrogen-bond donors (Lipinski definition) is 1. The molecule has 12 nitrogen and oxygen atoms in total. The Morgan fingerprint density at radius 2 is 1.95 bits per heavy atom. The lowest BCUT2D eigenvalue weighted by Crippen LogP contribution is -2.27. The van der Waals surface area contributed by atoms with E-state index in [4.69, 9.17) is 4.89 Å². The molecule has 2 rings (SSSR count). The molecular weight excluding hydrogens is 529 g/mol. The highest BCUT2D eigenvalue weighted by Gasteiger charge is 2.27. The number of unbranched alkanes of at least 4 members (excludes halogenated alkanes) is 2. The molecule has 0 unspecified atom stereocenters. The molecular formula is C26H34N3O9P. The zero-order valence-electron chi connectivity index (χ0n) is 22.3. The van der Waals surface area contributed by atoms with Crippen LogP contribution >= 0.6 is 8.69 Å². The molecule has 0 spiro atoms. The number of ketones is 1. The quantitative estimate of drug-likeness (QED) is 0.0867. The fraction of sp³-hybridized carbons (Fsp3) is 0.500. The maximum atomic E-state index is 13.1. The highest BCUT2D eigenvalue weighted by atomic mass is 31.1. The number of hydrogen-bond acceptors (Lipinski definition) is 9. The van der Waals surface area contributed by atoms with Crippen molar-refractivity contribution in [1.29, 1.82) is 0 Å². The van der Waals surface area contributed by atoms with Crippen LogP contribution in [0.25, 0.3) is 0 Å². The molecule has 0 aliphatic carbocycles. The predicted molar refractivity (Wildman–Crippen MR) is 142 cm³/mol. The van der Waals surface area contributed by atoms with Gasteiger partial charge in [-0.15, -0.1) is 4.67 Å². The minimum atomic E-state index is -0.816. The van der Waals surface area contributed by atoms with Crippen LogP contribution in [0, 0.1) is 16.0 Å². The van der Waals surface area contributed by atoms with Crippen molar-refractivity contribution in [2.75, 3.05) is 18.5 Å². The van der Waals surface area contributed by atoms with Crippen LogP contribution in [0.2, 0.25) is 0 Å². The lowest BCUT2D eigenvalue weighted by atomic mass is 9.85. The van der Waals surface area contributed by atoms with E-state index < -0.39 is 30.9 Å². The third-order valence-corrected chi connectivity index (χ3v) is 6.26. The minimum Gasteiger partial charge on any atom is -0.326 e. The summed E-state index contributed by atoms with van der Waals surface area (Å²) in [4.78, 5) is 54.9. The number of allylic oxidation sites excluding steroid dienone is 1. The van der Waals surface area contributed by atoms with Gasteiger partial charge in [0.05, 0.1) is 11.5 Å². The minimum absolute atomic E-state index is 0.0744. The fourth-order valence-corrected chi connectivity index (χ4v) is 4.18. The lowest BCUT2D eigenvalue weighted by molar-refractivity contribution is -0.463. The fourth-order valence-electron chi connectivity index (χ4n) is 4.11. The van der Waals surface area contributed by atoms with Crippen molar-refractivity contribution < 1.29 is 38.5 Å². The summed E-state index contributed by atoms with van der Waals surface area (Å²) in [5, 5.41) is 18.5. The predicted octanol–water partition coefficient (Wildman–Crippen LogP) is 5.36. The summed E-state index contributed by atoms with van der Waals surface area (Å²) in [7, 11) is -0.750. The van der Waals surface area contributed by atoms with Crippen LogP contribution < -0.4 is 5.32 Å². The van der Waals surface area contributed by atoms with Crippen molar-refractivity contribution in [1.82, 2.24) is 4.90 Å². The van der Waals surface area contributed by atoms with Crippen LogP contribution in [0.4, 0.5) is 11.4 Å². The van der Waals surface area contributed by atoms with Gasteiger partial charge in [0, 0.05) is 54.4 Å². The Morgan fingerprint density at radius 3 is 2.56 bits per heavy atom. The van der Waals surface area contributed by atoms with Gasteiger partial charge in [-0.25, -0.2) is 9.45 Å². The number of nitrogens with one attached hydrogen (secondary N) is 1. The molecule has 0 radical (unpaired) electrons. The zero-order chi connectivity index (χ0) is 29.0. The van der Waals surface area contributed by atoms with Crippen LogP contribution in [0.15, 0.2) is 42.6 Å². The Kier molecular flexibility index (Phi) is 12.5. The van der Waals surface area contributed by atoms with E-state index in [1.54, 1.807) is 23.1 Å². The average molecular weight is 564 g/mol. The molecule has 0 saturated heterocycles. The summed E-state index contributed by atoms with van der Waals surface area (Å²) in [5.41, 5.74) is 0.811. The molecule has 1 N–H and O–H groups in total. The van der Waals surface area contributed by atoms with E-state index in [1.165, 1.54) is 12.1 Å². The van der Waals surface area contributed by atoms with Crippen LogP contribution in [0.3, 0.4) is 0 Å². The Labute approximate surface area is 228 Å². The van der Waals surface area contributed by atoms with Crippen molar-refractivity contribution in [3.8, 4) is 0 Å². The molecule has 1 aliphatic rings. The maximum absolute atomic E-state index is 13.1. The summed E-state index contributed by atoms with van der Waals surface area (Å²) in [6.45, 7) is 9.76. The Bertz CT molecular complexity index is 1100. The van der Waals surface area contributed by atoms with E-state index in [1.807, 2.05) is 20.8 Å². The van der Waals surface area contributed by atoms with Gasteiger partial charge in [0.25, 0.3) is 11.6 Å². The van der Waals surface area contributed by atoms with Crippen molar-refractivity contribution in [2.45, 2.75) is 64.7 Å². The molecule has 1 atom stereocenters. The molecule has 1 aromatic rings. The second-order valence-electron chi connectivity index (χ2n) is 10.1. The smallest absolute Gasteiger partial charge is 0.326 e. The van der Waals surface area contributed by atoms with Crippen molar-refractivity contribution >= 4 is 37.7 Å². The second kappa shape index (κ2) is 15.3. The largest absolute Gasteiger partial charge is 0.361 e. The van der Waals surface area contributed by atoms with Crippen LogP contribution in [-0.2, 0) is 39.0 Å². The average Bonchev–Trinajstić information content (AvgIpc) is 3.19. The molecule has 1 aliphatic heterocycles. The first kappa shape index (κ1) is 31.9. The standard InChI is InChI=1S/C26H34N3O9P/c1-18-9-12-24(31)28(18)14-7-5-6-8-21(30)16-19(13-15-36-37-38-39-35)25(32)27-20-10-11-22(26(2,3)4)23(17-20)29(33)34/h9-12,17,19H,1,5-8,13-16H2,2-4H3,(H,27,32)/t19-/m1/s1. The van der Waals surface area contributed by atoms with Gasteiger partial charge < -0.3 is 10.2 Å². The van der Waals surface area contributed by atoms with Crippen molar-refractivity contribution in [2.24, 2.45) is 5.92 Å². The third-order valence-electron chi connectivity index (χ3n) is 6.14. The molecule has 0 bridgehead atoms. The van der Waals surface area contributed by atoms with Gasteiger partial charge in [0.2, 0.25) is 5.91 Å². The summed E-state index contributed by atoms with van der Waals surface area (Å²) in [5.74, 6) is -1.56. The molecule has 0 aromatic heterocycles. The summed E-state index contributed by atoms with van der Waals surface area (Å²) in [6, 6.07) is 4.49. The van der Waals surface area contributed by atoms with E-state index in [9.17, 15) is 29.1 Å². The number of nitro groups is 1. The van der Waals surface area contributed by atoms with Gasteiger partial charge in [-0.2, -0.15) is 0 Å². The molecule has 212 valence electrons. The topological polar surface area (TPSA) is 154 Å². The summed E-state index contributed by atoms with van der Waals surface area (Å²) < 4.78 is 14.3. The van der Waals surface area contributed by atoms with Gasteiger partial charge in [-0.05, 0) is 42.9 Å². The Balaban J connectivity index is 1.96. The monoisotopic (exact) mass is 563 g/mol. The second-order valence-corrected chi connectivity index (χ2v) is 10.4. The number of nitro benzene ring substituents is 1. The maximum Gasteiger partial charge on any atom is 0.361 e. The Hall–Kier alpha value is -3.31. The summed E-state index contributed by atoms with van der Waals surface area (Å²) >= 11 is 0. The van der Waals surface area contributed by atoms with Crippen molar-refractivity contribution in [3.63, 3.8) is 0 Å². The van der Waals surface area contributed by atoms with E-state index in [0.29, 0.717) is 37.1 Å². The molecule has 39 heavy (non-hydrogen) atoms. The van der Waals surface area contributed by atoms with E-state index in [0.717, 1.165) is 0 Å². The number of Topliss-reactive ketones (excluding diaryl/α,β-unsaturated/α-hetero) is 1. The SMILES string of the molecule is C=C1C=CC(=O)N1CCCCCC(=O)C[C@@H](CCOOOP=O)C(=O)Nc1ccc(C(C)(C)C)c([N+](=O)[O-])c1. The van der Waals surface area contributed by atoms with Gasteiger partial charge in [0.15, 0.2) is 0 Å². The number of nitrogens with zero attached hydrogens (tertiary/aromatic N) is 2. The van der Waals surface area contributed by atoms with Crippen molar-refractivity contribution in [3.05, 3.63) is 58.3 Å². The summed E-state index contributed by atoms with van der Waals surface area (Å²) in [6.07, 6.45) is 5.38. The van der Waals surface area contributed by atoms with E-state index >= 15 is 0 Å². The van der Waals surface area contributed by atoms with Gasteiger partial charge in [-0.1, -0.05) is 38.8 Å². The first-order valence-electron chi connectivity index (χ1n) is 12.5. The van der Waals surface area contributed by atoms with E-state index in [2.05, 4.69) is 21.6 Å². The van der Waals surface area contributed by atoms with Crippen LogP contribution in [0.1, 0.15) is 64.9 Å². The molecule has 0 fully saturated rings. The number of carbonyl (C=O) groups is 3. The van der Waals surface area contributed by atoms with Crippen LogP contribution in [-0.4, -0.2) is 40.6 Å². The van der Waals surface area contributed by atoms with E-state index in [-0.39, 0.29) is 48.9 Å². The highest BCUT2D eigenvalue weighted by Crippen LogP contribution is 2.33. The number of carbonyl (C=O) groups excluding carboxylic acids is 3. The van der Waals surface area contributed by atoms with Gasteiger partial charge in [0.1, 0.15) is 5.78 Å². The molecule has 13 heteroatoms. The first-order chi connectivity index (χ1) is 18.4. The Morgan fingerprint density at radius 1 is 1.21 bits per heavy atom. The molecule has 0 saturated carbocycles. The van der Waals surface area contributed by atoms with Crippen LogP contribution in [0.5, 0.6) is 0 Å². The molecule has 2 amide bonds. The molecule has 1 aromatic carbocycles. The lowest BCUT2D eigenvalue weighted by Gasteiger charge is -2.20. The zero-order valence-corrected chi connectivity index (χ0v) is 23.2. The van der Waals surface area contributed by atoms with Gasteiger partial charge in [-0.3, -0.25) is 24.5 Å². The molecule has 1 heterocycles. The highest BCUT2D eigenvalue weighted by molar-refractivity contribution is 7.17.